The lowest BCUT2D eigenvalue weighted by atomic mass is 9.78. The highest BCUT2D eigenvalue weighted by atomic mass is 19.1. The molecule has 0 atom stereocenters. The first-order chi connectivity index (χ1) is 18.6. The number of benzene rings is 2. The Bertz CT molecular complexity index is 1530. The van der Waals surface area contributed by atoms with Gasteiger partial charge in [-0.1, -0.05) is 27.7 Å². The van der Waals surface area contributed by atoms with E-state index in [0.717, 1.165) is 12.1 Å². The van der Waals surface area contributed by atoms with Crippen molar-refractivity contribution in [3.05, 3.63) is 94.3 Å². The lowest BCUT2D eigenvalue weighted by Gasteiger charge is -2.30. The van der Waals surface area contributed by atoms with Crippen LogP contribution in [0.15, 0.2) is 48.5 Å². The molecule has 2 aromatic heterocycles. The van der Waals surface area contributed by atoms with Gasteiger partial charge in [0, 0.05) is 84.8 Å². The van der Waals surface area contributed by atoms with E-state index in [9.17, 15) is 0 Å². The molecule has 0 radical (unpaired) electrons. The molecule has 4 nitrogen and oxygen atoms in total. The summed E-state index contributed by atoms with van der Waals surface area (Å²) in [5.74, 6) is -2.97. The van der Waals surface area contributed by atoms with Gasteiger partial charge < -0.3 is 9.80 Å². The third-order valence-corrected chi connectivity index (χ3v) is 7.95. The molecule has 8 heteroatoms. The Hall–Kier alpha value is -3.94. The molecule has 8 bridgehead atoms. The Morgan fingerprint density at radius 2 is 0.850 bits per heavy atom. The summed E-state index contributed by atoms with van der Waals surface area (Å²) in [4.78, 5) is 13.2. The molecule has 208 valence electrons. The van der Waals surface area contributed by atoms with Crippen molar-refractivity contribution in [2.75, 3.05) is 38.0 Å². The number of aromatic nitrogens is 2. The van der Waals surface area contributed by atoms with E-state index < -0.39 is 34.1 Å². The fraction of sp³-hybridized carbons (Fsp3) is 0.312. The molecular formula is C32H32F4N4. The van der Waals surface area contributed by atoms with Crippen molar-refractivity contribution in [1.82, 2.24) is 9.97 Å². The van der Waals surface area contributed by atoms with Crippen molar-refractivity contribution in [1.29, 1.82) is 0 Å². The van der Waals surface area contributed by atoms with Crippen molar-refractivity contribution in [3.63, 3.8) is 0 Å². The molecule has 4 aromatic rings. The summed E-state index contributed by atoms with van der Waals surface area (Å²) >= 11 is 0. The van der Waals surface area contributed by atoms with Gasteiger partial charge >= 0.3 is 0 Å². The minimum Gasteiger partial charge on any atom is -0.378 e. The number of fused-ring (bicyclic) bond motifs is 10. The first kappa shape index (κ1) is 27.6. The van der Waals surface area contributed by atoms with E-state index in [1.807, 2.05) is 38.0 Å². The Morgan fingerprint density at radius 1 is 0.500 bits per heavy atom. The highest BCUT2D eigenvalue weighted by Crippen LogP contribution is 2.42. The molecule has 0 amide bonds. The fourth-order valence-electron chi connectivity index (χ4n) is 5.19. The Labute approximate surface area is 232 Å². The summed E-state index contributed by atoms with van der Waals surface area (Å²) in [6.45, 7) is 7.15. The molecule has 0 spiro atoms. The Balaban J connectivity index is 1.98. The fourth-order valence-corrected chi connectivity index (χ4v) is 5.19. The third kappa shape index (κ3) is 4.39. The number of nitrogens with zero attached hydrogens (tertiary/aromatic N) is 4. The summed E-state index contributed by atoms with van der Waals surface area (Å²) in [6, 6.07) is 11.7. The molecule has 1 aliphatic heterocycles. The minimum atomic E-state index is -1.06. The monoisotopic (exact) mass is 548 g/mol. The predicted octanol–water partition coefficient (Wildman–Crippen LogP) is 7.46. The smallest absolute Gasteiger partial charge is 0.135 e. The van der Waals surface area contributed by atoms with Gasteiger partial charge in [-0.25, -0.2) is 17.6 Å². The standard InChI is InChI=1S/C32H32F4N4/c1-31(2)21-13-19(23(33)15-25(21)35)28-10-18(40(7)8)12-30(38-28)32(3,4)22-14-20(24(34)16-26(22)36)27-9-17(39(5)6)11-29(31)37-27/h9-16H,1-8H3. The van der Waals surface area contributed by atoms with Crippen molar-refractivity contribution in [3.8, 4) is 22.5 Å². The van der Waals surface area contributed by atoms with Crippen LogP contribution >= 0.6 is 0 Å². The molecule has 0 aliphatic carbocycles. The average molecular weight is 549 g/mol. The van der Waals surface area contributed by atoms with E-state index in [-0.39, 0.29) is 33.6 Å². The van der Waals surface area contributed by atoms with Gasteiger partial charge in [-0.2, -0.15) is 0 Å². The van der Waals surface area contributed by atoms with E-state index in [1.54, 1.807) is 52.0 Å². The Morgan fingerprint density at radius 3 is 1.18 bits per heavy atom. The highest BCUT2D eigenvalue weighted by molar-refractivity contribution is 5.71. The maximum Gasteiger partial charge on any atom is 0.135 e. The van der Waals surface area contributed by atoms with Crippen molar-refractivity contribution < 1.29 is 17.6 Å². The molecule has 0 N–H and O–H groups in total. The van der Waals surface area contributed by atoms with Crippen molar-refractivity contribution >= 4 is 11.4 Å². The number of rotatable bonds is 2. The van der Waals surface area contributed by atoms with E-state index >= 15 is 17.6 Å². The van der Waals surface area contributed by atoms with Gasteiger partial charge in [0.15, 0.2) is 0 Å². The van der Waals surface area contributed by atoms with Crippen LogP contribution in [0.2, 0.25) is 0 Å². The van der Waals surface area contributed by atoms with Gasteiger partial charge in [-0.3, -0.25) is 9.97 Å². The summed E-state index contributed by atoms with van der Waals surface area (Å²) in [5.41, 5.74) is 1.41. The van der Waals surface area contributed by atoms with Crippen LogP contribution in [0.5, 0.6) is 0 Å². The second-order valence-electron chi connectivity index (χ2n) is 11.9. The SMILES string of the molecule is CN(C)c1cc2nc(c1)C(C)(C)c1cc(c(F)cc1F)-c1cc(N(C)C)cc(n1)C(C)(C)c1cc-2c(F)cc1F. The van der Waals surface area contributed by atoms with E-state index in [4.69, 9.17) is 9.97 Å². The second kappa shape index (κ2) is 9.32. The Kier molecular flexibility index (Phi) is 6.44. The summed E-state index contributed by atoms with van der Waals surface area (Å²) in [5, 5.41) is 0. The first-order valence-electron chi connectivity index (χ1n) is 13.0. The molecule has 2 aromatic carbocycles. The van der Waals surface area contributed by atoms with Gasteiger partial charge in [-0.05, 0) is 36.4 Å². The number of pyridine rings is 2. The molecule has 0 unspecified atom stereocenters. The highest BCUT2D eigenvalue weighted by Gasteiger charge is 2.34. The van der Waals surface area contributed by atoms with Crippen LogP contribution in [0.4, 0.5) is 28.9 Å². The zero-order chi connectivity index (χ0) is 29.3. The molecule has 40 heavy (non-hydrogen) atoms. The zero-order valence-corrected chi connectivity index (χ0v) is 23.9. The summed E-state index contributed by atoms with van der Waals surface area (Å²) in [7, 11) is 7.34. The van der Waals surface area contributed by atoms with Crippen LogP contribution in [-0.4, -0.2) is 38.2 Å². The van der Waals surface area contributed by atoms with E-state index in [1.165, 1.54) is 12.1 Å². The van der Waals surface area contributed by atoms with Crippen LogP contribution in [0.3, 0.4) is 0 Å². The number of hydrogen-bond donors (Lipinski definition) is 0. The number of hydrogen-bond acceptors (Lipinski definition) is 4. The molecule has 1 aliphatic rings. The van der Waals surface area contributed by atoms with E-state index in [0.29, 0.717) is 22.8 Å². The normalized spacial score (nSPS) is 14.9. The lowest BCUT2D eigenvalue weighted by molar-refractivity contribution is 0.520. The number of halogens is 4. The van der Waals surface area contributed by atoms with Crippen molar-refractivity contribution in [2.24, 2.45) is 0 Å². The quantitative estimate of drug-likeness (QED) is 0.243. The second-order valence-corrected chi connectivity index (χ2v) is 11.9. The van der Waals surface area contributed by atoms with Gasteiger partial charge in [0.1, 0.15) is 23.3 Å². The van der Waals surface area contributed by atoms with Gasteiger partial charge in [0.2, 0.25) is 0 Å². The van der Waals surface area contributed by atoms with Gasteiger partial charge in [0.25, 0.3) is 0 Å². The predicted molar refractivity (Wildman–Crippen MR) is 152 cm³/mol. The minimum absolute atomic E-state index is 0.117. The largest absolute Gasteiger partial charge is 0.378 e. The first-order valence-corrected chi connectivity index (χ1v) is 13.0. The van der Waals surface area contributed by atoms with Crippen LogP contribution in [0, 0.1) is 23.3 Å². The van der Waals surface area contributed by atoms with Crippen LogP contribution in [0.25, 0.3) is 22.5 Å². The van der Waals surface area contributed by atoms with Gasteiger partial charge in [-0.15, -0.1) is 0 Å². The third-order valence-electron chi connectivity index (χ3n) is 7.95. The van der Waals surface area contributed by atoms with Gasteiger partial charge in [0.05, 0.1) is 22.8 Å². The zero-order valence-electron chi connectivity index (χ0n) is 23.9. The van der Waals surface area contributed by atoms with Crippen LogP contribution < -0.4 is 9.80 Å². The van der Waals surface area contributed by atoms with Crippen LogP contribution in [0.1, 0.15) is 50.2 Å². The topological polar surface area (TPSA) is 32.3 Å². The molecule has 5 rings (SSSR count). The van der Waals surface area contributed by atoms with Crippen LogP contribution in [-0.2, 0) is 10.8 Å². The lowest BCUT2D eigenvalue weighted by Crippen LogP contribution is -2.25. The molecule has 0 saturated carbocycles. The van der Waals surface area contributed by atoms with Crippen molar-refractivity contribution in [2.45, 2.75) is 38.5 Å². The molecule has 3 heterocycles. The average Bonchev–Trinajstić information content (AvgIpc) is 2.87. The molecular weight excluding hydrogens is 516 g/mol. The number of anilines is 2. The van der Waals surface area contributed by atoms with E-state index in [2.05, 4.69) is 0 Å². The maximum absolute atomic E-state index is 15.5. The molecule has 0 saturated heterocycles. The summed E-state index contributed by atoms with van der Waals surface area (Å²) < 4.78 is 62.0. The maximum atomic E-state index is 15.5. The molecule has 0 fully saturated rings. The summed E-state index contributed by atoms with van der Waals surface area (Å²) in [6.07, 6.45) is 0.